The van der Waals surface area contributed by atoms with Gasteiger partial charge in [-0.2, -0.15) is 50.1 Å². The fraction of sp³-hybridized carbons (Fsp3) is 0.290. The van der Waals surface area contributed by atoms with Crippen molar-refractivity contribution in [1.82, 2.24) is 4.57 Å². The number of hydrogen-bond acceptors (Lipinski definition) is 12. The third-order valence-corrected chi connectivity index (χ3v) is 6.61. The average Bonchev–Trinajstić information content (AvgIpc) is 3.75. The fourth-order valence-corrected chi connectivity index (χ4v) is 4.74. The zero-order valence-corrected chi connectivity index (χ0v) is 25.8. The molecule has 4 rings (SSSR count). The first-order valence-electron chi connectivity index (χ1n) is 12.7. The summed E-state index contributed by atoms with van der Waals surface area (Å²) in [5.74, 6) is 4.93. The van der Waals surface area contributed by atoms with Gasteiger partial charge in [0.25, 0.3) is 0 Å². The lowest BCUT2D eigenvalue weighted by molar-refractivity contribution is -0.193. The predicted octanol–water partition coefficient (Wildman–Crippen LogP) is 5.33. The van der Waals surface area contributed by atoms with Crippen LogP contribution in [0.15, 0.2) is 69.9 Å². The lowest BCUT2D eigenvalue weighted by Crippen LogP contribution is -2.01. The SMILES string of the molecule is CCc1ccc(-c2ccc(OC)cc2)n1CC.Cc1occc1CSCc1ccoc1C.O=C=O.O=C=O.O=C=O.O=C=O. The van der Waals surface area contributed by atoms with E-state index in [1.807, 2.05) is 49.9 Å². The van der Waals surface area contributed by atoms with Gasteiger partial charge in [-0.25, -0.2) is 0 Å². The maximum atomic E-state index is 8.12. The van der Waals surface area contributed by atoms with Crippen LogP contribution in [0.2, 0.25) is 0 Å². The predicted molar refractivity (Wildman–Crippen MR) is 153 cm³/mol. The standard InChI is InChI=1S/C15H19NO.C12H14O2S.4CO2/c1-4-13-8-11-15(16(13)5-2)12-6-9-14(17-3)10-7-12;1-9-11(3-5-13-9)7-15-8-12-4-6-14-10(12)2;4*2-1-3/h6-11H,4-5H2,1-3H3;3-6H,7-8H2,1-2H3;;;;. The van der Waals surface area contributed by atoms with E-state index in [9.17, 15) is 0 Å². The molecular weight excluding hydrogens is 594 g/mol. The summed E-state index contributed by atoms with van der Waals surface area (Å²) in [6.07, 6.45) is 5.56. The highest BCUT2D eigenvalue weighted by Crippen LogP contribution is 2.25. The first kappa shape index (κ1) is 40.9. The number of aromatic nitrogens is 1. The summed E-state index contributed by atoms with van der Waals surface area (Å²) in [5, 5.41) is 0. The highest BCUT2D eigenvalue weighted by atomic mass is 32.2. The van der Waals surface area contributed by atoms with Crippen LogP contribution < -0.4 is 4.74 Å². The van der Waals surface area contributed by atoms with E-state index in [2.05, 4.69) is 42.7 Å². The molecule has 0 bridgehead atoms. The first-order valence-corrected chi connectivity index (χ1v) is 13.8. The van der Waals surface area contributed by atoms with Crippen molar-refractivity contribution in [1.29, 1.82) is 0 Å². The van der Waals surface area contributed by atoms with Gasteiger partial charge in [-0.15, -0.1) is 0 Å². The van der Waals surface area contributed by atoms with Gasteiger partial charge in [-0.1, -0.05) is 6.92 Å². The summed E-state index contributed by atoms with van der Waals surface area (Å²) < 4.78 is 18.0. The molecule has 3 heterocycles. The summed E-state index contributed by atoms with van der Waals surface area (Å²) in [7, 11) is 1.69. The number of benzene rings is 1. The van der Waals surface area contributed by atoms with Crippen LogP contribution in [0.4, 0.5) is 0 Å². The number of aryl methyl sites for hydroxylation is 3. The molecule has 0 saturated carbocycles. The summed E-state index contributed by atoms with van der Waals surface area (Å²) in [6.45, 7) is 9.39. The topological polar surface area (TPSA) is 177 Å². The van der Waals surface area contributed by atoms with E-state index in [4.69, 9.17) is 51.9 Å². The molecule has 44 heavy (non-hydrogen) atoms. The second kappa shape index (κ2) is 26.6. The molecular formula is C31H33NO11S. The van der Waals surface area contributed by atoms with Crippen LogP contribution in [-0.4, -0.2) is 36.3 Å². The zero-order chi connectivity index (χ0) is 33.8. The summed E-state index contributed by atoms with van der Waals surface area (Å²) >= 11 is 1.88. The van der Waals surface area contributed by atoms with Crippen LogP contribution in [0.1, 0.15) is 42.2 Å². The van der Waals surface area contributed by atoms with Gasteiger partial charge in [0.2, 0.25) is 0 Å². The molecule has 0 fully saturated rings. The molecule has 0 aliphatic rings. The molecule has 0 aliphatic carbocycles. The molecule has 0 radical (unpaired) electrons. The Balaban J connectivity index is 0. The Morgan fingerprint density at radius 1 is 0.682 bits per heavy atom. The molecule has 0 spiro atoms. The van der Waals surface area contributed by atoms with Crippen molar-refractivity contribution in [3.63, 3.8) is 0 Å². The van der Waals surface area contributed by atoms with E-state index >= 15 is 0 Å². The number of hydrogen-bond donors (Lipinski definition) is 0. The highest BCUT2D eigenvalue weighted by molar-refractivity contribution is 7.97. The van der Waals surface area contributed by atoms with Gasteiger partial charge in [-0.3, -0.25) is 0 Å². The lowest BCUT2D eigenvalue weighted by Gasteiger charge is -2.10. The maximum Gasteiger partial charge on any atom is 0.373 e. The van der Waals surface area contributed by atoms with Crippen LogP contribution in [0, 0.1) is 13.8 Å². The molecule has 0 saturated heterocycles. The molecule has 234 valence electrons. The number of ether oxygens (including phenoxy) is 1. The maximum absolute atomic E-state index is 8.12. The van der Waals surface area contributed by atoms with Crippen molar-refractivity contribution in [3.05, 3.63) is 89.4 Å². The van der Waals surface area contributed by atoms with E-state index in [-0.39, 0.29) is 24.6 Å². The molecule has 1 aromatic carbocycles. The third-order valence-electron chi connectivity index (χ3n) is 5.58. The zero-order valence-electron chi connectivity index (χ0n) is 24.9. The number of carbonyl (C=O) groups excluding carboxylic acids is 8. The molecule has 13 heteroatoms. The second-order valence-electron chi connectivity index (χ2n) is 7.87. The van der Waals surface area contributed by atoms with Gasteiger partial charge in [0.1, 0.15) is 17.3 Å². The highest BCUT2D eigenvalue weighted by Gasteiger charge is 2.07. The van der Waals surface area contributed by atoms with E-state index in [0.717, 1.165) is 41.7 Å². The largest absolute Gasteiger partial charge is 0.497 e. The Morgan fingerprint density at radius 2 is 1.11 bits per heavy atom. The van der Waals surface area contributed by atoms with Crippen molar-refractivity contribution in [2.45, 2.75) is 52.2 Å². The van der Waals surface area contributed by atoms with E-state index in [1.165, 1.54) is 28.1 Å². The van der Waals surface area contributed by atoms with Crippen molar-refractivity contribution in [2.24, 2.45) is 0 Å². The quantitative estimate of drug-likeness (QED) is 0.245. The molecule has 0 amide bonds. The van der Waals surface area contributed by atoms with Crippen LogP contribution in [0.3, 0.4) is 0 Å². The number of thioether (sulfide) groups is 1. The number of rotatable bonds is 8. The van der Waals surface area contributed by atoms with Gasteiger partial charge >= 0.3 is 24.6 Å². The fourth-order valence-electron chi connectivity index (χ4n) is 3.60. The van der Waals surface area contributed by atoms with Crippen LogP contribution in [-0.2, 0) is 62.8 Å². The van der Waals surface area contributed by atoms with Crippen molar-refractivity contribution < 1.29 is 51.9 Å². The molecule has 0 atom stereocenters. The molecule has 4 aromatic rings. The van der Waals surface area contributed by atoms with E-state index in [1.54, 1.807) is 19.6 Å². The molecule has 0 N–H and O–H groups in total. The molecule has 0 aliphatic heterocycles. The van der Waals surface area contributed by atoms with Gasteiger partial charge in [0, 0.05) is 40.6 Å². The minimum atomic E-state index is 0.250. The van der Waals surface area contributed by atoms with E-state index in [0.29, 0.717) is 0 Å². The van der Waals surface area contributed by atoms with Crippen molar-refractivity contribution >= 4 is 36.4 Å². The van der Waals surface area contributed by atoms with Gasteiger partial charge < -0.3 is 18.1 Å². The molecule has 12 nitrogen and oxygen atoms in total. The van der Waals surface area contributed by atoms with Gasteiger partial charge in [0.15, 0.2) is 0 Å². The third kappa shape index (κ3) is 16.2. The number of methoxy groups -OCH3 is 1. The van der Waals surface area contributed by atoms with Gasteiger partial charge in [-0.05, 0) is 81.3 Å². The van der Waals surface area contributed by atoms with Crippen molar-refractivity contribution in [2.75, 3.05) is 7.11 Å². The first-order chi connectivity index (χ1) is 21.2. The van der Waals surface area contributed by atoms with Crippen LogP contribution >= 0.6 is 11.8 Å². The summed E-state index contributed by atoms with van der Waals surface area (Å²) in [4.78, 5) is 65.0. The number of furan rings is 2. The monoisotopic (exact) mass is 627 g/mol. The normalized spacial score (nSPS) is 8.48. The Hall–Kier alpha value is -5.27. The Morgan fingerprint density at radius 3 is 1.43 bits per heavy atom. The average molecular weight is 628 g/mol. The second-order valence-corrected chi connectivity index (χ2v) is 8.85. The Labute approximate surface area is 258 Å². The minimum absolute atomic E-state index is 0.250. The minimum Gasteiger partial charge on any atom is -0.497 e. The summed E-state index contributed by atoms with van der Waals surface area (Å²) in [6, 6.07) is 16.7. The summed E-state index contributed by atoms with van der Waals surface area (Å²) in [5.41, 5.74) is 6.47. The van der Waals surface area contributed by atoms with E-state index < -0.39 is 0 Å². The van der Waals surface area contributed by atoms with Crippen molar-refractivity contribution in [3.8, 4) is 17.0 Å². The van der Waals surface area contributed by atoms with Crippen LogP contribution in [0.25, 0.3) is 11.3 Å². The van der Waals surface area contributed by atoms with Gasteiger partial charge in [0.05, 0.1) is 19.6 Å². The molecule has 3 aromatic heterocycles. The number of nitrogens with zero attached hydrogens (tertiary/aromatic N) is 1. The van der Waals surface area contributed by atoms with Crippen LogP contribution in [0.5, 0.6) is 5.75 Å². The smallest absolute Gasteiger partial charge is 0.373 e. The molecule has 0 unspecified atom stereocenters. The Kier molecular flexibility index (Phi) is 24.7. The Bertz CT molecular complexity index is 1370. The lowest BCUT2D eigenvalue weighted by atomic mass is 10.1.